The third kappa shape index (κ3) is 1.39. The van der Waals surface area contributed by atoms with Gasteiger partial charge in [-0.05, 0) is 19.6 Å². The van der Waals surface area contributed by atoms with E-state index in [0.717, 1.165) is 38.9 Å². The van der Waals surface area contributed by atoms with Crippen molar-refractivity contribution in [3.8, 4) is 0 Å². The Morgan fingerprint density at radius 3 is 2.25 bits per heavy atom. The maximum absolute atomic E-state index is 5.59. The number of aliphatic imine (C=N–C) groups is 1. The molecule has 68 valence electrons. The first-order chi connectivity index (χ1) is 5.85. The van der Waals surface area contributed by atoms with Gasteiger partial charge in [0.15, 0.2) is 5.79 Å². The highest BCUT2D eigenvalue weighted by Crippen LogP contribution is 2.36. The fourth-order valence-electron chi connectivity index (χ4n) is 2.01. The molecule has 1 saturated carbocycles. The number of nitrogens with zero attached hydrogens (tertiary/aromatic N) is 1. The summed E-state index contributed by atoms with van der Waals surface area (Å²) >= 11 is 0. The number of ether oxygens (including phenoxy) is 2. The fraction of sp³-hybridized carbons (Fsp3) is 0.889. The molecule has 0 atom stereocenters. The van der Waals surface area contributed by atoms with Gasteiger partial charge in [-0.1, -0.05) is 0 Å². The summed E-state index contributed by atoms with van der Waals surface area (Å²) in [5.41, 5.74) is 0. The van der Waals surface area contributed by atoms with Crippen LogP contribution in [-0.2, 0) is 9.47 Å². The highest BCUT2D eigenvalue weighted by molar-refractivity contribution is 5.24. The van der Waals surface area contributed by atoms with Crippen molar-refractivity contribution >= 4 is 6.72 Å². The maximum Gasteiger partial charge on any atom is 0.168 e. The summed E-state index contributed by atoms with van der Waals surface area (Å²) in [4.78, 5) is 4.04. The molecule has 1 saturated heterocycles. The standard InChI is InChI=1S/C9H15NO2/c1-10-8-2-4-9(5-3-8)11-6-7-12-9/h8H,1-7H2. The zero-order valence-electron chi connectivity index (χ0n) is 7.29. The van der Waals surface area contributed by atoms with E-state index in [9.17, 15) is 0 Å². The van der Waals surface area contributed by atoms with Gasteiger partial charge in [-0.2, -0.15) is 0 Å². The maximum atomic E-state index is 5.59. The molecule has 0 amide bonds. The van der Waals surface area contributed by atoms with E-state index in [1.807, 2.05) is 0 Å². The van der Waals surface area contributed by atoms with E-state index in [-0.39, 0.29) is 5.79 Å². The molecule has 2 rings (SSSR count). The summed E-state index contributed by atoms with van der Waals surface area (Å²) in [5, 5.41) is 0. The summed E-state index contributed by atoms with van der Waals surface area (Å²) in [6, 6.07) is 0.434. The van der Waals surface area contributed by atoms with Crippen LogP contribution in [0.15, 0.2) is 4.99 Å². The van der Waals surface area contributed by atoms with Gasteiger partial charge in [0.05, 0.1) is 13.2 Å². The third-order valence-electron chi connectivity index (χ3n) is 2.79. The van der Waals surface area contributed by atoms with Gasteiger partial charge in [0.2, 0.25) is 0 Å². The Labute approximate surface area is 72.8 Å². The minimum absolute atomic E-state index is 0.235. The molecule has 0 unspecified atom stereocenters. The normalized spacial score (nSPS) is 29.3. The molecule has 1 aliphatic carbocycles. The molecule has 0 aromatic rings. The monoisotopic (exact) mass is 169 g/mol. The van der Waals surface area contributed by atoms with Crippen LogP contribution < -0.4 is 0 Å². The van der Waals surface area contributed by atoms with Gasteiger partial charge in [-0.15, -0.1) is 0 Å². The molecular weight excluding hydrogens is 154 g/mol. The van der Waals surface area contributed by atoms with Gasteiger partial charge in [0.1, 0.15) is 0 Å². The van der Waals surface area contributed by atoms with Crippen molar-refractivity contribution in [3.05, 3.63) is 0 Å². The molecule has 12 heavy (non-hydrogen) atoms. The van der Waals surface area contributed by atoms with Gasteiger partial charge in [-0.25, -0.2) is 0 Å². The lowest BCUT2D eigenvalue weighted by Gasteiger charge is -2.33. The van der Waals surface area contributed by atoms with Crippen molar-refractivity contribution in [3.63, 3.8) is 0 Å². The van der Waals surface area contributed by atoms with Crippen molar-refractivity contribution < 1.29 is 9.47 Å². The molecule has 1 heterocycles. The van der Waals surface area contributed by atoms with Crippen molar-refractivity contribution in [2.45, 2.75) is 37.5 Å². The molecule has 2 aliphatic rings. The number of hydrogen-bond acceptors (Lipinski definition) is 3. The van der Waals surface area contributed by atoms with Gasteiger partial charge in [-0.3, -0.25) is 4.99 Å². The molecule has 0 aromatic heterocycles. The summed E-state index contributed by atoms with van der Waals surface area (Å²) in [6.07, 6.45) is 4.08. The van der Waals surface area contributed by atoms with Gasteiger partial charge in [0, 0.05) is 18.9 Å². The van der Waals surface area contributed by atoms with Crippen molar-refractivity contribution in [2.75, 3.05) is 13.2 Å². The fourth-order valence-corrected chi connectivity index (χ4v) is 2.01. The molecule has 3 nitrogen and oxygen atoms in total. The number of rotatable bonds is 1. The van der Waals surface area contributed by atoms with Crippen LogP contribution in [0.3, 0.4) is 0 Å². The molecule has 3 heteroatoms. The average molecular weight is 169 g/mol. The highest BCUT2D eigenvalue weighted by Gasteiger charge is 2.39. The van der Waals surface area contributed by atoms with Crippen LogP contribution in [0.5, 0.6) is 0 Å². The van der Waals surface area contributed by atoms with Crippen LogP contribution >= 0.6 is 0 Å². The predicted molar refractivity (Wildman–Crippen MR) is 46.4 cm³/mol. The topological polar surface area (TPSA) is 30.8 Å². The molecule has 1 aliphatic heterocycles. The molecule has 0 bridgehead atoms. The summed E-state index contributed by atoms with van der Waals surface area (Å²) in [7, 11) is 0. The van der Waals surface area contributed by atoms with E-state index in [1.165, 1.54) is 0 Å². The van der Waals surface area contributed by atoms with Crippen molar-refractivity contribution in [2.24, 2.45) is 4.99 Å². The minimum atomic E-state index is -0.235. The van der Waals surface area contributed by atoms with Crippen LogP contribution in [-0.4, -0.2) is 31.8 Å². The Balaban J connectivity index is 1.92. The van der Waals surface area contributed by atoms with E-state index >= 15 is 0 Å². The molecule has 0 aromatic carbocycles. The lowest BCUT2D eigenvalue weighted by molar-refractivity contribution is -0.178. The predicted octanol–water partition coefficient (Wildman–Crippen LogP) is 1.37. The zero-order valence-corrected chi connectivity index (χ0v) is 7.29. The van der Waals surface area contributed by atoms with E-state index in [2.05, 4.69) is 11.7 Å². The average Bonchev–Trinajstić information content (AvgIpc) is 2.55. The van der Waals surface area contributed by atoms with Crippen LogP contribution in [0.4, 0.5) is 0 Å². The second-order valence-electron chi connectivity index (χ2n) is 3.52. The quantitative estimate of drug-likeness (QED) is 0.555. The van der Waals surface area contributed by atoms with E-state index in [0.29, 0.717) is 6.04 Å². The van der Waals surface area contributed by atoms with Gasteiger partial charge in [0.25, 0.3) is 0 Å². The molecule has 0 N–H and O–H groups in total. The first kappa shape index (κ1) is 8.20. The zero-order chi connectivity index (χ0) is 8.44. The molecule has 0 radical (unpaired) electrons. The van der Waals surface area contributed by atoms with E-state index in [1.54, 1.807) is 0 Å². The Bertz CT molecular complexity index is 165. The van der Waals surface area contributed by atoms with Gasteiger partial charge >= 0.3 is 0 Å². The van der Waals surface area contributed by atoms with E-state index in [4.69, 9.17) is 9.47 Å². The molecule has 1 spiro atoms. The lowest BCUT2D eigenvalue weighted by Crippen LogP contribution is -2.36. The second-order valence-corrected chi connectivity index (χ2v) is 3.52. The van der Waals surface area contributed by atoms with Crippen LogP contribution in [0.25, 0.3) is 0 Å². The first-order valence-electron chi connectivity index (χ1n) is 4.58. The summed E-state index contributed by atoms with van der Waals surface area (Å²) in [6.45, 7) is 5.08. The largest absolute Gasteiger partial charge is 0.348 e. The van der Waals surface area contributed by atoms with Crippen LogP contribution in [0, 0.1) is 0 Å². The molecular formula is C9H15NO2. The second kappa shape index (κ2) is 3.15. The van der Waals surface area contributed by atoms with Gasteiger partial charge < -0.3 is 9.47 Å². The lowest BCUT2D eigenvalue weighted by atomic mass is 9.90. The van der Waals surface area contributed by atoms with Crippen LogP contribution in [0.2, 0.25) is 0 Å². The van der Waals surface area contributed by atoms with Crippen molar-refractivity contribution in [1.29, 1.82) is 0 Å². The summed E-state index contributed by atoms with van der Waals surface area (Å²) in [5.74, 6) is -0.235. The third-order valence-corrected chi connectivity index (χ3v) is 2.79. The molecule has 2 fully saturated rings. The Morgan fingerprint density at radius 2 is 1.75 bits per heavy atom. The Hall–Kier alpha value is -0.410. The SMILES string of the molecule is C=NC1CCC2(CC1)OCCO2. The van der Waals surface area contributed by atoms with Crippen LogP contribution in [0.1, 0.15) is 25.7 Å². The summed E-state index contributed by atoms with van der Waals surface area (Å²) < 4.78 is 11.2. The number of hydrogen-bond donors (Lipinski definition) is 0. The highest BCUT2D eigenvalue weighted by atomic mass is 16.7. The Morgan fingerprint density at radius 1 is 1.17 bits per heavy atom. The minimum Gasteiger partial charge on any atom is -0.348 e. The Kier molecular flexibility index (Phi) is 2.15. The van der Waals surface area contributed by atoms with E-state index < -0.39 is 0 Å². The van der Waals surface area contributed by atoms with Crippen molar-refractivity contribution in [1.82, 2.24) is 0 Å². The first-order valence-corrected chi connectivity index (χ1v) is 4.58. The smallest absolute Gasteiger partial charge is 0.168 e.